The summed E-state index contributed by atoms with van der Waals surface area (Å²) in [4.78, 5) is 10.1. The molecule has 1 aromatic rings. The van der Waals surface area contributed by atoms with Gasteiger partial charge in [-0.2, -0.15) is 0 Å². The number of nitrogens with zero attached hydrogens (tertiary/aromatic N) is 1. The normalized spacial score (nSPS) is 12.2. The molecule has 0 amide bonds. The van der Waals surface area contributed by atoms with Crippen LogP contribution in [-0.2, 0) is 0 Å². The summed E-state index contributed by atoms with van der Waals surface area (Å²) >= 11 is 0. The highest BCUT2D eigenvalue weighted by atomic mass is 19.1. The minimum absolute atomic E-state index is 0.0828. The van der Waals surface area contributed by atoms with Crippen LogP contribution in [0.3, 0.4) is 0 Å². The number of rotatable bonds is 5. The minimum Gasteiger partial charge on any atom is -0.494 e. The molecule has 4 nitrogen and oxygen atoms in total. The van der Waals surface area contributed by atoms with Crippen molar-refractivity contribution in [3.05, 3.63) is 40.8 Å². The first kappa shape index (κ1) is 12.4. The van der Waals surface area contributed by atoms with Gasteiger partial charge in [-0.1, -0.05) is 0 Å². The Hall–Kier alpha value is -1.65. The second-order valence-electron chi connectivity index (χ2n) is 3.26. The van der Waals surface area contributed by atoms with Crippen molar-refractivity contribution >= 4 is 5.69 Å². The van der Waals surface area contributed by atoms with E-state index >= 15 is 0 Å². The SMILES string of the molecule is [CH2]C(CF)c1cc([N+](=O)[O-])ccc1OCC. The van der Waals surface area contributed by atoms with Gasteiger partial charge in [-0.15, -0.1) is 0 Å². The molecule has 0 N–H and O–H groups in total. The van der Waals surface area contributed by atoms with Crippen LogP contribution in [0.15, 0.2) is 18.2 Å². The number of hydrogen-bond acceptors (Lipinski definition) is 3. The number of halogens is 1. The number of alkyl halides is 1. The maximum absolute atomic E-state index is 12.5. The van der Waals surface area contributed by atoms with Crippen LogP contribution < -0.4 is 4.74 Å². The molecule has 0 saturated carbocycles. The highest BCUT2D eigenvalue weighted by Crippen LogP contribution is 2.30. The molecule has 0 aromatic heterocycles. The fourth-order valence-corrected chi connectivity index (χ4v) is 1.34. The molecule has 1 unspecified atom stereocenters. The summed E-state index contributed by atoms with van der Waals surface area (Å²) in [7, 11) is 0. The zero-order valence-corrected chi connectivity index (χ0v) is 8.98. The number of nitro benzene ring substituents is 1. The zero-order chi connectivity index (χ0) is 12.1. The van der Waals surface area contributed by atoms with E-state index in [0.717, 1.165) is 0 Å². The number of nitro groups is 1. The van der Waals surface area contributed by atoms with Gasteiger partial charge in [0, 0.05) is 23.6 Å². The Kier molecular flexibility index (Phi) is 4.22. The third-order valence-corrected chi connectivity index (χ3v) is 2.13. The van der Waals surface area contributed by atoms with Gasteiger partial charge in [0.25, 0.3) is 5.69 Å². The minimum atomic E-state index is -0.679. The van der Waals surface area contributed by atoms with E-state index in [2.05, 4.69) is 6.92 Å². The summed E-state index contributed by atoms with van der Waals surface area (Å²) in [6.07, 6.45) is 0. The Bertz CT molecular complexity index is 381. The van der Waals surface area contributed by atoms with Crippen LogP contribution in [0.2, 0.25) is 0 Å². The lowest BCUT2D eigenvalue weighted by Gasteiger charge is -2.13. The van der Waals surface area contributed by atoms with Gasteiger partial charge in [0.15, 0.2) is 0 Å². The Morgan fingerprint density at radius 2 is 2.31 bits per heavy atom. The first-order chi connectivity index (χ1) is 7.60. The maximum Gasteiger partial charge on any atom is 0.269 e. The lowest BCUT2D eigenvalue weighted by molar-refractivity contribution is -0.384. The number of non-ortho nitro benzene ring substituents is 1. The van der Waals surface area contributed by atoms with Crippen molar-refractivity contribution < 1.29 is 14.1 Å². The summed E-state index contributed by atoms with van der Waals surface area (Å²) < 4.78 is 17.8. The van der Waals surface area contributed by atoms with E-state index in [1.807, 2.05) is 0 Å². The summed E-state index contributed by atoms with van der Waals surface area (Å²) in [6, 6.07) is 4.12. The molecule has 0 bridgehead atoms. The van der Waals surface area contributed by atoms with Crippen molar-refractivity contribution in [2.24, 2.45) is 0 Å². The predicted molar refractivity (Wildman–Crippen MR) is 58.3 cm³/mol. The van der Waals surface area contributed by atoms with Gasteiger partial charge in [-0.05, 0) is 19.9 Å². The molecule has 0 spiro atoms. The predicted octanol–water partition coefficient (Wildman–Crippen LogP) is 2.88. The molecular weight excluding hydrogens is 213 g/mol. The Morgan fingerprint density at radius 3 is 2.81 bits per heavy atom. The van der Waals surface area contributed by atoms with Gasteiger partial charge >= 0.3 is 0 Å². The molecule has 0 aliphatic carbocycles. The van der Waals surface area contributed by atoms with Gasteiger partial charge < -0.3 is 4.74 Å². The summed E-state index contributed by atoms with van der Waals surface area (Å²) in [5.41, 5.74) is 0.346. The lowest BCUT2D eigenvalue weighted by atomic mass is 10.0. The van der Waals surface area contributed by atoms with E-state index in [1.165, 1.54) is 18.2 Å². The van der Waals surface area contributed by atoms with E-state index in [4.69, 9.17) is 4.74 Å². The number of benzene rings is 1. The molecule has 1 rings (SSSR count). The molecule has 1 radical (unpaired) electrons. The van der Waals surface area contributed by atoms with E-state index in [9.17, 15) is 14.5 Å². The number of ether oxygens (including phenoxy) is 1. The molecule has 0 fully saturated rings. The van der Waals surface area contributed by atoms with Crippen molar-refractivity contribution in [1.82, 2.24) is 0 Å². The molecule has 0 aliphatic heterocycles. The molecule has 16 heavy (non-hydrogen) atoms. The quantitative estimate of drug-likeness (QED) is 0.573. The van der Waals surface area contributed by atoms with E-state index in [1.54, 1.807) is 6.92 Å². The van der Waals surface area contributed by atoms with Crippen LogP contribution in [0, 0.1) is 17.0 Å². The van der Waals surface area contributed by atoms with Crippen molar-refractivity contribution in [3.8, 4) is 5.75 Å². The lowest BCUT2D eigenvalue weighted by Crippen LogP contribution is -2.03. The average molecular weight is 226 g/mol. The average Bonchev–Trinajstić information content (AvgIpc) is 2.28. The molecule has 0 saturated heterocycles. The van der Waals surface area contributed by atoms with E-state index < -0.39 is 17.5 Å². The van der Waals surface area contributed by atoms with Crippen LogP contribution in [0.25, 0.3) is 0 Å². The molecule has 87 valence electrons. The Labute approximate surface area is 93.2 Å². The molecule has 0 heterocycles. The van der Waals surface area contributed by atoms with Crippen LogP contribution >= 0.6 is 0 Å². The smallest absolute Gasteiger partial charge is 0.269 e. The summed E-state index contributed by atoms with van der Waals surface area (Å²) in [6.45, 7) is 5.12. The van der Waals surface area contributed by atoms with Crippen LogP contribution in [-0.4, -0.2) is 18.2 Å². The molecule has 5 heteroatoms. The largest absolute Gasteiger partial charge is 0.494 e. The molecule has 1 atom stereocenters. The van der Waals surface area contributed by atoms with Crippen LogP contribution in [0.4, 0.5) is 10.1 Å². The highest BCUT2D eigenvalue weighted by Gasteiger charge is 2.16. The monoisotopic (exact) mass is 226 g/mol. The second kappa shape index (κ2) is 5.44. The van der Waals surface area contributed by atoms with Crippen molar-refractivity contribution in [3.63, 3.8) is 0 Å². The standard InChI is InChI=1S/C11H13FNO3/c1-3-16-11-5-4-9(13(14)15)6-10(11)8(2)7-12/h4-6,8H,2-3,7H2,1H3. The third-order valence-electron chi connectivity index (χ3n) is 2.13. The Balaban J connectivity index is 3.15. The van der Waals surface area contributed by atoms with E-state index in [0.29, 0.717) is 17.9 Å². The zero-order valence-electron chi connectivity index (χ0n) is 8.98. The fraction of sp³-hybridized carbons (Fsp3) is 0.364. The second-order valence-corrected chi connectivity index (χ2v) is 3.26. The van der Waals surface area contributed by atoms with Crippen molar-refractivity contribution in [2.45, 2.75) is 12.8 Å². The van der Waals surface area contributed by atoms with E-state index in [-0.39, 0.29) is 5.69 Å². The third kappa shape index (κ3) is 2.68. The first-order valence-corrected chi connectivity index (χ1v) is 4.90. The van der Waals surface area contributed by atoms with Crippen molar-refractivity contribution in [2.75, 3.05) is 13.3 Å². The Morgan fingerprint density at radius 1 is 1.62 bits per heavy atom. The molecular formula is C11H13FNO3. The van der Waals surface area contributed by atoms with Gasteiger partial charge in [0.05, 0.1) is 18.2 Å². The van der Waals surface area contributed by atoms with Gasteiger partial charge in [-0.25, -0.2) is 0 Å². The summed E-state index contributed by atoms with van der Waals surface area (Å²) in [5, 5.41) is 10.6. The maximum atomic E-state index is 12.5. The number of hydrogen-bond donors (Lipinski definition) is 0. The van der Waals surface area contributed by atoms with Gasteiger partial charge in [0.2, 0.25) is 0 Å². The van der Waals surface area contributed by atoms with Crippen LogP contribution in [0.1, 0.15) is 18.4 Å². The first-order valence-electron chi connectivity index (χ1n) is 4.90. The topological polar surface area (TPSA) is 52.4 Å². The van der Waals surface area contributed by atoms with Gasteiger partial charge in [0.1, 0.15) is 5.75 Å². The summed E-state index contributed by atoms with van der Waals surface area (Å²) in [5.74, 6) is -0.202. The highest BCUT2D eigenvalue weighted by molar-refractivity contribution is 5.46. The fourth-order valence-electron chi connectivity index (χ4n) is 1.34. The molecule has 1 aromatic carbocycles. The molecule has 0 aliphatic rings. The van der Waals surface area contributed by atoms with Crippen LogP contribution in [0.5, 0.6) is 5.75 Å². The van der Waals surface area contributed by atoms with Gasteiger partial charge in [-0.3, -0.25) is 14.5 Å². The van der Waals surface area contributed by atoms with Crippen molar-refractivity contribution in [1.29, 1.82) is 0 Å².